The topological polar surface area (TPSA) is 97.5 Å². The second kappa shape index (κ2) is 7.56. The molecular weight excluding hydrogens is 393 g/mol. The summed E-state index contributed by atoms with van der Waals surface area (Å²) in [6.07, 6.45) is 2.55. The van der Waals surface area contributed by atoms with Crippen molar-refractivity contribution in [1.29, 1.82) is 0 Å². The number of hydrogen-bond acceptors (Lipinski definition) is 5. The number of aliphatic carboxylic acids is 1. The minimum absolute atomic E-state index is 0.0207. The summed E-state index contributed by atoms with van der Waals surface area (Å²) in [6, 6.07) is 9.56. The van der Waals surface area contributed by atoms with Crippen LogP contribution < -0.4 is 4.74 Å². The number of ether oxygens (including phenoxy) is 1. The number of rotatable bonds is 6. The van der Waals surface area contributed by atoms with E-state index in [0.29, 0.717) is 16.5 Å². The number of benzene rings is 2. The van der Waals surface area contributed by atoms with E-state index in [1.165, 1.54) is 35.5 Å². The van der Waals surface area contributed by atoms with Gasteiger partial charge in [-0.2, -0.15) is 5.10 Å². The molecule has 2 aromatic carbocycles. The van der Waals surface area contributed by atoms with Crippen LogP contribution in [0, 0.1) is 6.92 Å². The zero-order chi connectivity index (χ0) is 19.6. The van der Waals surface area contributed by atoms with Crippen LogP contribution in [0.2, 0.25) is 10.0 Å². The molecule has 0 radical (unpaired) electrons. The van der Waals surface area contributed by atoms with Gasteiger partial charge in [-0.05, 0) is 42.8 Å². The molecule has 140 valence electrons. The van der Waals surface area contributed by atoms with E-state index in [-0.39, 0.29) is 17.1 Å². The van der Waals surface area contributed by atoms with Gasteiger partial charge in [-0.25, -0.2) is 14.5 Å². The maximum Gasteiger partial charge on any atom is 0.342 e. The molecule has 0 saturated heterocycles. The van der Waals surface area contributed by atoms with Crippen LogP contribution in [0.3, 0.4) is 0 Å². The van der Waals surface area contributed by atoms with Crippen molar-refractivity contribution in [2.24, 2.45) is 0 Å². The fourth-order valence-electron chi connectivity index (χ4n) is 2.57. The SMILES string of the molecule is Cc1cc(Cl)ccc1Oc1ccc(C(O)(Cn2cncn2)C(=O)O)c(Cl)c1. The van der Waals surface area contributed by atoms with E-state index in [0.717, 1.165) is 5.56 Å². The second-order valence-corrected chi connectivity index (χ2v) is 6.76. The smallest absolute Gasteiger partial charge is 0.342 e. The number of carbonyl (C=O) groups is 1. The highest BCUT2D eigenvalue weighted by Crippen LogP contribution is 2.35. The Hall–Kier alpha value is -2.61. The molecule has 1 aromatic heterocycles. The van der Waals surface area contributed by atoms with Crippen LogP contribution in [-0.4, -0.2) is 30.9 Å². The normalized spacial score (nSPS) is 13.2. The highest BCUT2D eigenvalue weighted by atomic mass is 35.5. The highest BCUT2D eigenvalue weighted by molar-refractivity contribution is 6.32. The Morgan fingerprint density at radius 3 is 2.63 bits per heavy atom. The molecule has 0 aliphatic heterocycles. The first-order valence-corrected chi connectivity index (χ1v) is 8.57. The van der Waals surface area contributed by atoms with Crippen molar-refractivity contribution >= 4 is 29.2 Å². The van der Waals surface area contributed by atoms with Crippen LogP contribution in [0.25, 0.3) is 0 Å². The van der Waals surface area contributed by atoms with E-state index < -0.39 is 11.6 Å². The van der Waals surface area contributed by atoms with Gasteiger partial charge in [0, 0.05) is 10.6 Å². The molecule has 2 N–H and O–H groups in total. The molecule has 3 aromatic rings. The number of aromatic nitrogens is 3. The van der Waals surface area contributed by atoms with Gasteiger partial charge in [0.05, 0.1) is 11.6 Å². The molecule has 0 spiro atoms. The summed E-state index contributed by atoms with van der Waals surface area (Å²) in [7, 11) is 0. The Bertz CT molecular complexity index is 979. The van der Waals surface area contributed by atoms with Crippen LogP contribution in [0.15, 0.2) is 49.1 Å². The largest absolute Gasteiger partial charge is 0.479 e. The van der Waals surface area contributed by atoms with Gasteiger partial charge in [0.15, 0.2) is 0 Å². The van der Waals surface area contributed by atoms with Crippen molar-refractivity contribution in [2.45, 2.75) is 19.1 Å². The van der Waals surface area contributed by atoms with Gasteiger partial charge in [-0.15, -0.1) is 0 Å². The molecule has 7 nitrogen and oxygen atoms in total. The summed E-state index contributed by atoms with van der Waals surface area (Å²) in [5, 5.41) is 24.8. The summed E-state index contributed by atoms with van der Waals surface area (Å²) >= 11 is 12.2. The lowest BCUT2D eigenvalue weighted by Crippen LogP contribution is -2.40. The number of nitrogens with zero attached hydrogens (tertiary/aromatic N) is 3. The highest BCUT2D eigenvalue weighted by Gasteiger charge is 2.41. The second-order valence-electron chi connectivity index (χ2n) is 5.91. The molecule has 1 unspecified atom stereocenters. The fourth-order valence-corrected chi connectivity index (χ4v) is 3.12. The van der Waals surface area contributed by atoms with Crippen LogP contribution in [0.4, 0.5) is 0 Å². The number of hydrogen-bond donors (Lipinski definition) is 2. The Morgan fingerprint density at radius 2 is 2.04 bits per heavy atom. The van der Waals surface area contributed by atoms with E-state index in [1.807, 2.05) is 6.92 Å². The molecule has 27 heavy (non-hydrogen) atoms. The van der Waals surface area contributed by atoms with E-state index in [4.69, 9.17) is 27.9 Å². The van der Waals surface area contributed by atoms with Crippen LogP contribution in [0.5, 0.6) is 11.5 Å². The average Bonchev–Trinajstić information content (AvgIpc) is 3.10. The maximum absolute atomic E-state index is 11.7. The zero-order valence-electron chi connectivity index (χ0n) is 14.1. The summed E-state index contributed by atoms with van der Waals surface area (Å²) < 4.78 is 6.99. The van der Waals surface area contributed by atoms with Gasteiger partial charge in [0.2, 0.25) is 5.60 Å². The third-order valence-electron chi connectivity index (χ3n) is 3.96. The number of aryl methyl sites for hydroxylation is 1. The molecule has 0 aliphatic carbocycles. The molecule has 1 heterocycles. The predicted molar refractivity (Wildman–Crippen MR) is 99.3 cm³/mol. The van der Waals surface area contributed by atoms with Gasteiger partial charge >= 0.3 is 5.97 Å². The van der Waals surface area contributed by atoms with Crippen molar-refractivity contribution in [3.63, 3.8) is 0 Å². The summed E-state index contributed by atoms with van der Waals surface area (Å²) in [6.45, 7) is 1.50. The molecular formula is C18H15Cl2N3O4. The summed E-state index contributed by atoms with van der Waals surface area (Å²) in [4.78, 5) is 15.5. The van der Waals surface area contributed by atoms with Crippen LogP contribution in [0.1, 0.15) is 11.1 Å². The van der Waals surface area contributed by atoms with Gasteiger partial charge < -0.3 is 14.9 Å². The third kappa shape index (κ3) is 4.05. The Morgan fingerprint density at radius 1 is 1.26 bits per heavy atom. The third-order valence-corrected chi connectivity index (χ3v) is 4.51. The first-order chi connectivity index (χ1) is 12.8. The Labute approximate surface area is 164 Å². The fraction of sp³-hybridized carbons (Fsp3) is 0.167. The maximum atomic E-state index is 11.7. The van der Waals surface area contributed by atoms with Crippen molar-refractivity contribution < 1.29 is 19.7 Å². The lowest BCUT2D eigenvalue weighted by molar-refractivity contribution is -0.161. The van der Waals surface area contributed by atoms with Crippen molar-refractivity contribution in [3.8, 4) is 11.5 Å². The average molecular weight is 408 g/mol. The van der Waals surface area contributed by atoms with Crippen molar-refractivity contribution in [2.75, 3.05) is 0 Å². The monoisotopic (exact) mass is 407 g/mol. The van der Waals surface area contributed by atoms with Gasteiger partial charge in [-0.1, -0.05) is 29.3 Å². The van der Waals surface area contributed by atoms with Crippen LogP contribution >= 0.6 is 23.2 Å². The van der Waals surface area contributed by atoms with E-state index in [1.54, 1.807) is 18.2 Å². The number of carboxylic acid groups (broad SMARTS) is 1. The number of aliphatic hydroxyl groups is 1. The molecule has 0 fully saturated rings. The first kappa shape index (κ1) is 19.2. The van der Waals surface area contributed by atoms with Gasteiger partial charge in [-0.3, -0.25) is 0 Å². The lowest BCUT2D eigenvalue weighted by Gasteiger charge is -2.25. The first-order valence-electron chi connectivity index (χ1n) is 7.82. The quantitative estimate of drug-likeness (QED) is 0.646. The predicted octanol–water partition coefficient (Wildman–Crippen LogP) is 3.66. The molecule has 1 atom stereocenters. The molecule has 0 saturated carbocycles. The van der Waals surface area contributed by atoms with Crippen molar-refractivity contribution in [3.05, 3.63) is 70.2 Å². The molecule has 0 bridgehead atoms. The molecule has 9 heteroatoms. The summed E-state index contributed by atoms with van der Waals surface area (Å²) in [5.41, 5.74) is -1.43. The minimum Gasteiger partial charge on any atom is -0.479 e. The van der Waals surface area contributed by atoms with Crippen LogP contribution in [-0.2, 0) is 16.9 Å². The molecule has 3 rings (SSSR count). The van der Waals surface area contributed by atoms with E-state index >= 15 is 0 Å². The van der Waals surface area contributed by atoms with E-state index in [2.05, 4.69) is 10.1 Å². The number of carboxylic acids is 1. The number of halogens is 2. The van der Waals surface area contributed by atoms with Gasteiger partial charge in [0.25, 0.3) is 0 Å². The standard InChI is InChI=1S/C18H15Cl2N3O4/c1-11-6-12(19)2-5-16(11)27-13-3-4-14(15(20)7-13)18(26,17(24)25)8-23-10-21-9-22-23/h2-7,9-10,26H,8H2,1H3,(H,24,25). The van der Waals surface area contributed by atoms with Gasteiger partial charge in [0.1, 0.15) is 24.2 Å². The van der Waals surface area contributed by atoms with Crippen molar-refractivity contribution in [1.82, 2.24) is 14.8 Å². The molecule has 0 amide bonds. The molecule has 0 aliphatic rings. The lowest BCUT2D eigenvalue weighted by atomic mass is 9.93. The minimum atomic E-state index is -2.28. The Balaban J connectivity index is 1.91. The summed E-state index contributed by atoms with van der Waals surface area (Å²) in [5.74, 6) is -0.482. The Kier molecular flexibility index (Phi) is 5.36. The van der Waals surface area contributed by atoms with E-state index in [9.17, 15) is 15.0 Å². The zero-order valence-corrected chi connectivity index (χ0v) is 15.6.